The number of anilines is 3. The Morgan fingerprint density at radius 1 is 1.11 bits per heavy atom. The second kappa shape index (κ2) is 8.16. The average Bonchev–Trinajstić information content (AvgIpc) is 3.06. The molecule has 36 heavy (non-hydrogen) atoms. The molecule has 3 aromatic rings. The number of hydrogen-bond acceptors (Lipinski definition) is 6. The number of esters is 1. The van der Waals surface area contributed by atoms with E-state index in [2.05, 4.69) is 5.32 Å². The number of rotatable bonds is 3. The normalized spacial score (nSPS) is 18.7. The fraction of sp³-hybridized carbons (Fsp3) is 0.125. The minimum absolute atomic E-state index is 0.0102. The number of carbonyl (C=O) groups is 3. The van der Waals surface area contributed by atoms with Crippen LogP contribution in [-0.4, -0.2) is 30.6 Å². The Bertz CT molecular complexity index is 1420. The Morgan fingerprint density at radius 2 is 1.86 bits per heavy atom. The van der Waals surface area contributed by atoms with Gasteiger partial charge < -0.3 is 20.5 Å². The van der Waals surface area contributed by atoms with Gasteiger partial charge in [0.2, 0.25) is 5.72 Å². The minimum Gasteiger partial charge on any atom is -0.482 e. The van der Waals surface area contributed by atoms with Crippen LogP contribution in [0.3, 0.4) is 0 Å². The van der Waals surface area contributed by atoms with Crippen LogP contribution < -0.4 is 20.7 Å². The quantitative estimate of drug-likeness (QED) is 0.397. The van der Waals surface area contributed by atoms with Crippen molar-refractivity contribution in [2.24, 2.45) is 0 Å². The number of ether oxygens (including phenoxy) is 2. The summed E-state index contributed by atoms with van der Waals surface area (Å²) in [7, 11) is 0. The monoisotopic (exact) mass is 517 g/mol. The van der Waals surface area contributed by atoms with Gasteiger partial charge in [-0.2, -0.15) is 13.2 Å². The van der Waals surface area contributed by atoms with Crippen molar-refractivity contribution in [3.63, 3.8) is 0 Å². The van der Waals surface area contributed by atoms with Crippen LogP contribution in [0.5, 0.6) is 5.75 Å². The van der Waals surface area contributed by atoms with Crippen molar-refractivity contribution in [3.05, 3.63) is 82.4 Å². The van der Waals surface area contributed by atoms with Gasteiger partial charge in [0.1, 0.15) is 5.75 Å². The van der Waals surface area contributed by atoms with Crippen molar-refractivity contribution in [1.82, 2.24) is 0 Å². The van der Waals surface area contributed by atoms with E-state index in [1.165, 1.54) is 60.7 Å². The van der Waals surface area contributed by atoms with Gasteiger partial charge in [0.05, 0.1) is 11.4 Å². The first kappa shape index (κ1) is 23.5. The summed E-state index contributed by atoms with van der Waals surface area (Å²) in [6.07, 6.45) is -5.39. The molecule has 5 rings (SSSR count). The predicted octanol–water partition coefficient (Wildman–Crippen LogP) is 4.22. The molecule has 3 aromatic carbocycles. The van der Waals surface area contributed by atoms with Crippen LogP contribution in [0.25, 0.3) is 0 Å². The third-order valence-electron chi connectivity index (χ3n) is 5.68. The van der Waals surface area contributed by atoms with Gasteiger partial charge in [-0.3, -0.25) is 14.5 Å². The lowest BCUT2D eigenvalue weighted by Crippen LogP contribution is -2.50. The largest absolute Gasteiger partial charge is 0.491 e. The molecule has 0 radical (unpaired) electrons. The van der Waals surface area contributed by atoms with Gasteiger partial charge in [-0.05, 0) is 42.5 Å². The Balaban J connectivity index is 1.83. The highest BCUT2D eigenvalue weighted by atomic mass is 35.5. The number of benzene rings is 3. The van der Waals surface area contributed by atoms with Crippen LogP contribution in [0.15, 0.2) is 60.7 Å². The fourth-order valence-corrected chi connectivity index (χ4v) is 4.54. The van der Waals surface area contributed by atoms with Gasteiger partial charge in [0.15, 0.2) is 6.61 Å². The predicted molar refractivity (Wildman–Crippen MR) is 123 cm³/mol. The molecule has 3 N–H and O–H groups in total. The molecule has 12 heteroatoms. The third kappa shape index (κ3) is 3.68. The lowest BCUT2D eigenvalue weighted by Gasteiger charge is -2.39. The van der Waals surface area contributed by atoms with E-state index in [1.54, 1.807) is 0 Å². The van der Waals surface area contributed by atoms with Crippen molar-refractivity contribution in [2.45, 2.75) is 11.9 Å². The fourth-order valence-electron chi connectivity index (χ4n) is 4.30. The molecule has 184 valence electrons. The van der Waals surface area contributed by atoms with E-state index in [-0.39, 0.29) is 51.1 Å². The van der Waals surface area contributed by atoms with Gasteiger partial charge in [0.25, 0.3) is 11.8 Å². The van der Waals surface area contributed by atoms with Crippen LogP contribution in [0.2, 0.25) is 5.02 Å². The van der Waals surface area contributed by atoms with Crippen LogP contribution >= 0.6 is 11.6 Å². The minimum atomic E-state index is -5.39. The summed E-state index contributed by atoms with van der Waals surface area (Å²) in [6, 6.07) is 13.8. The second-order valence-electron chi connectivity index (χ2n) is 8.01. The van der Waals surface area contributed by atoms with E-state index in [1.807, 2.05) is 0 Å². The molecule has 0 aliphatic carbocycles. The summed E-state index contributed by atoms with van der Waals surface area (Å²) in [6.45, 7) is -0.254. The van der Waals surface area contributed by atoms with Crippen molar-refractivity contribution < 1.29 is 37.0 Å². The number of halogens is 4. The zero-order chi connectivity index (χ0) is 25.8. The van der Waals surface area contributed by atoms with E-state index < -0.39 is 29.7 Å². The number of nitrogens with zero attached hydrogens (tertiary/aromatic N) is 1. The molecular formula is C24H15ClF3N3O5. The molecule has 8 nitrogen and oxygen atoms in total. The Labute approximate surface area is 206 Å². The second-order valence-corrected chi connectivity index (χ2v) is 8.44. The van der Waals surface area contributed by atoms with Gasteiger partial charge >= 0.3 is 12.1 Å². The number of nitrogens with one attached hydrogen (secondary N) is 1. The van der Waals surface area contributed by atoms with Crippen LogP contribution in [0.4, 0.5) is 30.2 Å². The molecule has 0 saturated carbocycles. The standard InChI is InChI=1S/C24H15ClF3N3O5/c25-13-8-14(29)10-15(9-13)31-21(33)16-3-1-2-4-17(16)23(31,36-22(34)24(26,27)28)12-5-6-19-18(7-12)30-20(32)11-35-19/h1-10H,11,29H2,(H,30,32). The molecule has 2 heterocycles. The van der Waals surface area contributed by atoms with Crippen molar-refractivity contribution in [2.75, 3.05) is 22.6 Å². The maximum atomic E-state index is 13.7. The Morgan fingerprint density at radius 3 is 2.58 bits per heavy atom. The van der Waals surface area contributed by atoms with Crippen molar-refractivity contribution in [3.8, 4) is 5.75 Å². The van der Waals surface area contributed by atoms with Crippen molar-refractivity contribution >= 4 is 46.4 Å². The maximum absolute atomic E-state index is 13.7. The van der Waals surface area contributed by atoms with Crippen LogP contribution in [-0.2, 0) is 20.1 Å². The number of carbonyl (C=O) groups excluding carboxylic acids is 3. The smallest absolute Gasteiger partial charge is 0.482 e. The Kier molecular flexibility index (Phi) is 5.32. The van der Waals surface area contributed by atoms with E-state index >= 15 is 0 Å². The number of amides is 2. The maximum Gasteiger partial charge on any atom is 0.491 e. The molecule has 2 aliphatic heterocycles. The molecule has 2 amide bonds. The average molecular weight is 518 g/mol. The third-order valence-corrected chi connectivity index (χ3v) is 5.90. The first-order valence-electron chi connectivity index (χ1n) is 10.4. The van der Waals surface area contributed by atoms with Crippen LogP contribution in [0.1, 0.15) is 21.5 Å². The molecule has 1 atom stereocenters. The van der Waals surface area contributed by atoms with E-state index in [4.69, 9.17) is 26.8 Å². The van der Waals surface area contributed by atoms with Gasteiger partial charge in [0, 0.05) is 27.4 Å². The molecule has 1 unspecified atom stereocenters. The summed E-state index contributed by atoms with van der Waals surface area (Å²) in [4.78, 5) is 38.8. The topological polar surface area (TPSA) is 111 Å². The molecule has 0 spiro atoms. The highest BCUT2D eigenvalue weighted by Crippen LogP contribution is 2.50. The zero-order valence-corrected chi connectivity index (χ0v) is 18.8. The first-order chi connectivity index (χ1) is 17.0. The molecule has 0 aromatic heterocycles. The zero-order valence-electron chi connectivity index (χ0n) is 18.1. The SMILES string of the molecule is Nc1cc(Cl)cc(N2C(=O)c3ccccc3C2(OC(=O)C(F)(F)F)c2ccc3c(c2)NC(=O)CO3)c1. The number of nitrogens with two attached hydrogens (primary N) is 1. The van der Waals surface area contributed by atoms with Gasteiger partial charge in [-0.15, -0.1) is 0 Å². The number of alkyl halides is 3. The highest BCUT2D eigenvalue weighted by Gasteiger charge is 2.58. The van der Waals surface area contributed by atoms with E-state index in [0.29, 0.717) is 0 Å². The Hall–Kier alpha value is -4.25. The molecule has 0 fully saturated rings. The molecule has 0 bridgehead atoms. The van der Waals surface area contributed by atoms with E-state index in [9.17, 15) is 27.6 Å². The number of nitrogen functional groups attached to an aromatic ring is 1. The van der Waals surface area contributed by atoms with Gasteiger partial charge in [-0.1, -0.05) is 29.8 Å². The van der Waals surface area contributed by atoms with Crippen LogP contribution in [0, 0.1) is 0 Å². The summed E-state index contributed by atoms with van der Waals surface area (Å²) in [5.74, 6) is -3.56. The van der Waals surface area contributed by atoms with Crippen molar-refractivity contribution in [1.29, 1.82) is 0 Å². The first-order valence-corrected chi connectivity index (χ1v) is 10.8. The molecule has 2 aliphatic rings. The highest BCUT2D eigenvalue weighted by molar-refractivity contribution is 6.31. The van der Waals surface area contributed by atoms with Gasteiger partial charge in [-0.25, -0.2) is 4.79 Å². The lowest BCUT2D eigenvalue weighted by atomic mass is 9.92. The summed E-state index contributed by atoms with van der Waals surface area (Å²) in [5.41, 5.74) is 3.57. The summed E-state index contributed by atoms with van der Waals surface area (Å²) >= 11 is 6.15. The number of fused-ring (bicyclic) bond motifs is 2. The molecular weight excluding hydrogens is 503 g/mol. The summed E-state index contributed by atoms with van der Waals surface area (Å²) in [5, 5.41) is 2.65. The number of hydrogen-bond donors (Lipinski definition) is 2. The lowest BCUT2D eigenvalue weighted by molar-refractivity contribution is -0.211. The summed E-state index contributed by atoms with van der Waals surface area (Å²) < 4.78 is 51.2. The van der Waals surface area contributed by atoms with E-state index in [0.717, 1.165) is 4.90 Å². The molecule has 0 saturated heterocycles.